The van der Waals surface area contributed by atoms with E-state index in [0.717, 1.165) is 21.7 Å². The van der Waals surface area contributed by atoms with Gasteiger partial charge in [0.25, 0.3) is 0 Å². The van der Waals surface area contributed by atoms with Crippen molar-refractivity contribution >= 4 is 29.6 Å². The van der Waals surface area contributed by atoms with Crippen LogP contribution >= 0.6 is 11.3 Å². The number of amides is 3. The summed E-state index contributed by atoms with van der Waals surface area (Å²) in [6.07, 6.45) is -0.125. The number of nitrogens with zero attached hydrogens (tertiary/aromatic N) is 2. The third-order valence-corrected chi connectivity index (χ3v) is 6.62. The lowest BCUT2D eigenvalue weighted by Gasteiger charge is -2.34. The van der Waals surface area contributed by atoms with E-state index in [4.69, 9.17) is 0 Å². The molecule has 3 amide bonds. The molecular weight excluding hydrogens is 428 g/mol. The van der Waals surface area contributed by atoms with Gasteiger partial charge in [0.1, 0.15) is 12.1 Å². The highest BCUT2D eigenvalue weighted by Gasteiger charge is 2.43. The van der Waals surface area contributed by atoms with Gasteiger partial charge < -0.3 is 20.6 Å². The number of thiazole rings is 1. The highest BCUT2D eigenvalue weighted by atomic mass is 32.1. The Morgan fingerprint density at radius 2 is 2.00 bits per heavy atom. The minimum atomic E-state index is -0.789. The zero-order valence-corrected chi connectivity index (χ0v) is 19.6. The number of benzene rings is 1. The molecule has 0 saturated carbocycles. The number of aliphatic hydroxyl groups is 1. The van der Waals surface area contributed by atoms with E-state index in [1.165, 1.54) is 4.90 Å². The Hall–Kier alpha value is -2.78. The van der Waals surface area contributed by atoms with Crippen molar-refractivity contribution in [1.82, 2.24) is 20.5 Å². The van der Waals surface area contributed by atoms with Crippen LogP contribution in [-0.2, 0) is 20.9 Å². The quantitative estimate of drug-likeness (QED) is 0.549. The minimum Gasteiger partial charge on any atom is -0.391 e. The summed E-state index contributed by atoms with van der Waals surface area (Å²) < 4.78 is 0. The van der Waals surface area contributed by atoms with Gasteiger partial charge in [0, 0.05) is 19.5 Å². The zero-order chi connectivity index (χ0) is 23.5. The molecule has 0 bridgehead atoms. The molecule has 9 heteroatoms. The van der Waals surface area contributed by atoms with Crippen LogP contribution in [0.2, 0.25) is 0 Å². The number of likely N-dealkylation sites (tertiary alicyclic amines) is 1. The fraction of sp³-hybridized carbons (Fsp3) is 0.478. The van der Waals surface area contributed by atoms with Crippen molar-refractivity contribution in [2.45, 2.75) is 58.8 Å². The number of aryl methyl sites for hydroxylation is 1. The van der Waals surface area contributed by atoms with E-state index in [0.29, 0.717) is 13.0 Å². The first kappa shape index (κ1) is 23.9. The Morgan fingerprint density at radius 3 is 2.56 bits per heavy atom. The zero-order valence-electron chi connectivity index (χ0n) is 18.8. The predicted molar refractivity (Wildman–Crippen MR) is 123 cm³/mol. The Balaban J connectivity index is 1.66. The largest absolute Gasteiger partial charge is 0.391 e. The smallest absolute Gasteiger partial charge is 0.246 e. The Bertz CT molecular complexity index is 967. The summed E-state index contributed by atoms with van der Waals surface area (Å²) in [6.45, 7) is 7.86. The maximum atomic E-state index is 13.1. The molecule has 2 aromatic rings. The Labute approximate surface area is 192 Å². The molecule has 3 atom stereocenters. The molecule has 8 nitrogen and oxygen atoms in total. The van der Waals surface area contributed by atoms with Crippen LogP contribution in [0.25, 0.3) is 10.4 Å². The van der Waals surface area contributed by atoms with Crippen molar-refractivity contribution < 1.29 is 19.5 Å². The van der Waals surface area contributed by atoms with Gasteiger partial charge in [-0.15, -0.1) is 11.3 Å². The maximum Gasteiger partial charge on any atom is 0.246 e. The number of carbonyl (C=O) groups is 3. The molecule has 1 aliphatic heterocycles. The lowest BCUT2D eigenvalue weighted by atomic mass is 9.85. The average molecular weight is 459 g/mol. The summed E-state index contributed by atoms with van der Waals surface area (Å²) in [5.74, 6) is -0.693. The number of hydrogen-bond donors (Lipinski definition) is 3. The van der Waals surface area contributed by atoms with Gasteiger partial charge in [-0.3, -0.25) is 14.4 Å². The first-order valence-corrected chi connectivity index (χ1v) is 11.4. The highest BCUT2D eigenvalue weighted by Crippen LogP contribution is 2.28. The van der Waals surface area contributed by atoms with Gasteiger partial charge in [0.05, 0.1) is 22.2 Å². The number of β-amino-alcohol motifs (C(OH)–C–C–N with tert-alkyl or cyclic N) is 1. The summed E-state index contributed by atoms with van der Waals surface area (Å²) in [4.78, 5) is 43.8. The van der Waals surface area contributed by atoms with Crippen LogP contribution in [-0.4, -0.2) is 57.9 Å². The number of rotatable bonds is 7. The maximum absolute atomic E-state index is 13.1. The Kier molecular flexibility index (Phi) is 7.30. The van der Waals surface area contributed by atoms with Gasteiger partial charge >= 0.3 is 0 Å². The lowest BCUT2D eigenvalue weighted by Crippen LogP contribution is -2.56. The molecule has 1 unspecified atom stereocenters. The lowest BCUT2D eigenvalue weighted by molar-refractivity contribution is -0.143. The van der Waals surface area contributed by atoms with E-state index in [1.807, 2.05) is 57.5 Å². The van der Waals surface area contributed by atoms with Crippen molar-refractivity contribution in [3.05, 3.63) is 41.0 Å². The van der Waals surface area contributed by atoms with Crippen LogP contribution in [0.15, 0.2) is 29.8 Å². The van der Waals surface area contributed by atoms with Gasteiger partial charge in [0.2, 0.25) is 18.2 Å². The van der Waals surface area contributed by atoms with Crippen LogP contribution in [0.4, 0.5) is 0 Å². The van der Waals surface area contributed by atoms with E-state index in [-0.39, 0.29) is 24.8 Å². The number of hydrogen-bond acceptors (Lipinski definition) is 6. The van der Waals surface area contributed by atoms with E-state index in [9.17, 15) is 19.5 Å². The summed E-state index contributed by atoms with van der Waals surface area (Å²) in [5, 5.41) is 15.6. The van der Waals surface area contributed by atoms with E-state index >= 15 is 0 Å². The molecule has 2 heterocycles. The molecule has 3 rings (SSSR count). The minimum absolute atomic E-state index is 0.0624. The first-order valence-electron chi connectivity index (χ1n) is 10.6. The van der Waals surface area contributed by atoms with Gasteiger partial charge in [0.15, 0.2) is 0 Å². The molecular formula is C23H30N4O4S. The normalized spacial score (nSPS) is 19.5. The monoisotopic (exact) mass is 458 g/mol. The van der Waals surface area contributed by atoms with Crippen LogP contribution in [0.3, 0.4) is 0 Å². The fourth-order valence-corrected chi connectivity index (χ4v) is 4.70. The topological polar surface area (TPSA) is 112 Å². The summed E-state index contributed by atoms with van der Waals surface area (Å²) in [7, 11) is 0. The standard InChI is InChI=1S/C23H30N4O4S/c1-14-19(32-13-26-14)16-7-5-15(6-8-16)10-24-21(30)18-9-17(29)11-27(18)22(31)20(25-12-28)23(2,3)4/h5-8,12-13,17-18,20,29H,9-11H2,1-4H3,(H,24,30)(H,25,28)/t17-,18?,20-/m1/s1. The Morgan fingerprint density at radius 1 is 1.31 bits per heavy atom. The third kappa shape index (κ3) is 5.34. The van der Waals surface area contributed by atoms with Gasteiger partial charge in [-0.2, -0.15) is 0 Å². The van der Waals surface area contributed by atoms with Crippen molar-refractivity contribution in [2.75, 3.05) is 6.54 Å². The number of aromatic nitrogens is 1. The van der Waals surface area contributed by atoms with Gasteiger partial charge in [-0.1, -0.05) is 45.0 Å². The molecule has 1 saturated heterocycles. The molecule has 0 spiro atoms. The van der Waals surface area contributed by atoms with Crippen LogP contribution in [0.1, 0.15) is 38.4 Å². The summed E-state index contributed by atoms with van der Waals surface area (Å²) in [5.41, 5.74) is 4.27. The van der Waals surface area contributed by atoms with Crippen molar-refractivity contribution in [3.8, 4) is 10.4 Å². The van der Waals surface area contributed by atoms with Gasteiger partial charge in [-0.05, 0) is 23.5 Å². The molecule has 172 valence electrons. The third-order valence-electron chi connectivity index (χ3n) is 5.64. The van der Waals surface area contributed by atoms with Crippen molar-refractivity contribution in [2.24, 2.45) is 5.41 Å². The fourth-order valence-electron chi connectivity index (χ4n) is 3.89. The van der Waals surface area contributed by atoms with Crippen LogP contribution < -0.4 is 10.6 Å². The highest BCUT2D eigenvalue weighted by molar-refractivity contribution is 7.13. The number of aliphatic hydroxyl groups excluding tert-OH is 1. The van der Waals surface area contributed by atoms with E-state index in [1.54, 1.807) is 11.3 Å². The molecule has 1 aliphatic rings. The molecule has 3 N–H and O–H groups in total. The SMILES string of the molecule is Cc1ncsc1-c1ccc(CNC(=O)C2C[C@@H](O)CN2C(=O)[C@@H](NC=O)C(C)(C)C)cc1. The van der Waals surface area contributed by atoms with E-state index in [2.05, 4.69) is 15.6 Å². The molecule has 0 aliphatic carbocycles. The molecule has 1 fully saturated rings. The molecule has 32 heavy (non-hydrogen) atoms. The van der Waals surface area contributed by atoms with Gasteiger partial charge in [-0.25, -0.2) is 4.98 Å². The first-order chi connectivity index (χ1) is 15.1. The number of carbonyl (C=O) groups excluding carboxylic acids is 3. The molecule has 1 aromatic heterocycles. The second-order valence-electron chi connectivity index (χ2n) is 9.16. The van der Waals surface area contributed by atoms with Crippen molar-refractivity contribution in [3.63, 3.8) is 0 Å². The summed E-state index contributed by atoms with van der Waals surface area (Å²) >= 11 is 1.59. The van der Waals surface area contributed by atoms with Crippen LogP contribution in [0, 0.1) is 12.3 Å². The molecule has 1 aromatic carbocycles. The van der Waals surface area contributed by atoms with E-state index < -0.39 is 23.6 Å². The second kappa shape index (κ2) is 9.79. The predicted octanol–water partition coefficient (Wildman–Crippen LogP) is 1.86. The average Bonchev–Trinajstić information content (AvgIpc) is 3.35. The summed E-state index contributed by atoms with van der Waals surface area (Å²) in [6, 6.07) is 6.32. The number of nitrogens with one attached hydrogen (secondary N) is 2. The molecule has 0 radical (unpaired) electrons. The van der Waals surface area contributed by atoms with Crippen molar-refractivity contribution in [1.29, 1.82) is 0 Å². The van der Waals surface area contributed by atoms with Crippen LogP contribution in [0.5, 0.6) is 0 Å². The second-order valence-corrected chi connectivity index (χ2v) is 10.0.